The van der Waals surface area contributed by atoms with Gasteiger partial charge in [0, 0.05) is 23.4 Å². The number of nitrogens with zero attached hydrogens (tertiary/aromatic N) is 2. The summed E-state index contributed by atoms with van der Waals surface area (Å²) in [5.74, 6) is -1.47. The average Bonchev–Trinajstić information content (AvgIpc) is 3.10. The zero-order chi connectivity index (χ0) is 23.5. The number of anilines is 1. The third-order valence-electron chi connectivity index (χ3n) is 5.31. The Labute approximate surface area is 189 Å². The fourth-order valence-corrected chi connectivity index (χ4v) is 3.84. The number of Topliss-reactive ketones (excluding diaryl/α,β-unsaturated/α-hetero) is 1. The molecule has 8 nitrogen and oxygen atoms in total. The van der Waals surface area contributed by atoms with E-state index in [1.165, 1.54) is 23.1 Å². The largest absolute Gasteiger partial charge is 0.507 e. The molecule has 3 aromatic carbocycles. The molecule has 1 atom stereocenters. The van der Waals surface area contributed by atoms with Crippen molar-refractivity contribution in [3.63, 3.8) is 0 Å². The highest BCUT2D eigenvalue weighted by atomic mass is 16.6. The lowest BCUT2D eigenvalue weighted by Gasteiger charge is -2.25. The van der Waals surface area contributed by atoms with Crippen molar-refractivity contribution in [2.75, 3.05) is 11.5 Å². The van der Waals surface area contributed by atoms with Gasteiger partial charge in [0.25, 0.3) is 17.4 Å². The van der Waals surface area contributed by atoms with Crippen molar-refractivity contribution < 1.29 is 24.4 Å². The number of aliphatic hydroxyl groups excluding tert-OH is 1. The lowest BCUT2D eigenvalue weighted by Crippen LogP contribution is -2.29. The molecule has 0 spiro atoms. The number of carbonyl (C=O) groups is 2. The monoisotopic (exact) mass is 444 g/mol. The highest BCUT2D eigenvalue weighted by Crippen LogP contribution is 2.43. The van der Waals surface area contributed by atoms with Crippen molar-refractivity contribution in [3.05, 3.63) is 106 Å². The van der Waals surface area contributed by atoms with Gasteiger partial charge in [-0.1, -0.05) is 42.5 Å². The fraction of sp³-hybridized carbons (Fsp3) is 0.120. The summed E-state index contributed by atoms with van der Waals surface area (Å²) < 4.78 is 5.45. The summed E-state index contributed by atoms with van der Waals surface area (Å²) in [6, 6.07) is 19.6. The molecule has 0 saturated carbocycles. The van der Waals surface area contributed by atoms with Gasteiger partial charge in [0.05, 0.1) is 23.1 Å². The second-order valence-electron chi connectivity index (χ2n) is 7.31. The van der Waals surface area contributed by atoms with E-state index in [0.717, 1.165) is 0 Å². The van der Waals surface area contributed by atoms with Crippen molar-refractivity contribution in [2.45, 2.75) is 13.0 Å². The minimum atomic E-state index is -1.05. The molecule has 1 amide bonds. The van der Waals surface area contributed by atoms with Crippen molar-refractivity contribution in [1.82, 2.24) is 0 Å². The first-order chi connectivity index (χ1) is 15.9. The predicted octanol–water partition coefficient (Wildman–Crippen LogP) is 4.62. The maximum absolute atomic E-state index is 13.1. The number of nitro groups is 1. The summed E-state index contributed by atoms with van der Waals surface area (Å²) in [4.78, 5) is 38.3. The van der Waals surface area contributed by atoms with Crippen LogP contribution in [0.5, 0.6) is 5.75 Å². The van der Waals surface area contributed by atoms with E-state index in [1.54, 1.807) is 60.7 Å². The van der Waals surface area contributed by atoms with Gasteiger partial charge in [0.15, 0.2) is 0 Å². The molecule has 1 heterocycles. The van der Waals surface area contributed by atoms with Crippen LogP contribution in [0.1, 0.15) is 24.1 Å². The molecule has 0 radical (unpaired) electrons. The van der Waals surface area contributed by atoms with Crippen LogP contribution in [0.2, 0.25) is 0 Å². The first-order valence-electron chi connectivity index (χ1n) is 10.3. The van der Waals surface area contributed by atoms with Gasteiger partial charge in [-0.15, -0.1) is 0 Å². The Kier molecular flexibility index (Phi) is 5.91. The second kappa shape index (κ2) is 8.96. The van der Waals surface area contributed by atoms with E-state index >= 15 is 0 Å². The molecule has 33 heavy (non-hydrogen) atoms. The van der Waals surface area contributed by atoms with Crippen LogP contribution in [-0.4, -0.2) is 28.3 Å². The Morgan fingerprint density at radius 2 is 1.73 bits per heavy atom. The number of nitro benzene ring substituents is 1. The third kappa shape index (κ3) is 4.06. The number of benzene rings is 3. The number of hydrogen-bond donors (Lipinski definition) is 1. The highest BCUT2D eigenvalue weighted by Gasteiger charge is 2.47. The van der Waals surface area contributed by atoms with Crippen LogP contribution in [0.15, 0.2) is 84.4 Å². The van der Waals surface area contributed by atoms with Crippen LogP contribution < -0.4 is 9.64 Å². The molecule has 0 aliphatic carbocycles. The molecule has 1 aliphatic heterocycles. The molecule has 1 fully saturated rings. The number of ether oxygens (including phenoxy) is 1. The zero-order valence-corrected chi connectivity index (χ0v) is 17.7. The SMILES string of the molecule is CCOc1ccc(N2C(=O)C(=O)/C(=C(\O)c3ccccc3)C2c2cccc([N+](=O)[O-])c2)cc1. The molecule has 166 valence electrons. The maximum atomic E-state index is 13.1. The van der Waals surface area contributed by atoms with Gasteiger partial charge in [-0.05, 0) is 36.8 Å². The molecule has 3 aromatic rings. The van der Waals surface area contributed by atoms with Crippen LogP contribution in [0, 0.1) is 10.1 Å². The summed E-state index contributed by atoms with van der Waals surface area (Å²) in [5, 5.41) is 22.4. The minimum Gasteiger partial charge on any atom is -0.507 e. The quantitative estimate of drug-likeness (QED) is 0.195. The first kappa shape index (κ1) is 21.8. The van der Waals surface area contributed by atoms with Gasteiger partial charge in [-0.2, -0.15) is 0 Å². The third-order valence-corrected chi connectivity index (χ3v) is 5.31. The smallest absolute Gasteiger partial charge is 0.300 e. The number of carbonyl (C=O) groups excluding carboxylic acids is 2. The fourth-order valence-electron chi connectivity index (χ4n) is 3.84. The van der Waals surface area contributed by atoms with Gasteiger partial charge in [-0.3, -0.25) is 24.6 Å². The Hall–Kier alpha value is -4.46. The summed E-state index contributed by atoms with van der Waals surface area (Å²) in [6.45, 7) is 2.31. The van der Waals surface area contributed by atoms with Gasteiger partial charge < -0.3 is 9.84 Å². The molecule has 0 bridgehead atoms. The molecule has 1 aliphatic rings. The lowest BCUT2D eigenvalue weighted by molar-refractivity contribution is -0.384. The van der Waals surface area contributed by atoms with Crippen molar-refractivity contribution >= 4 is 28.8 Å². The Morgan fingerprint density at radius 3 is 2.36 bits per heavy atom. The van der Waals surface area contributed by atoms with Crippen molar-refractivity contribution in [3.8, 4) is 5.75 Å². The summed E-state index contributed by atoms with van der Waals surface area (Å²) >= 11 is 0. The van der Waals surface area contributed by atoms with Crippen LogP contribution in [0.3, 0.4) is 0 Å². The number of non-ortho nitro benzene ring substituents is 1. The maximum Gasteiger partial charge on any atom is 0.300 e. The van der Waals surface area contributed by atoms with Crippen LogP contribution in [0.25, 0.3) is 5.76 Å². The van der Waals surface area contributed by atoms with E-state index in [0.29, 0.717) is 29.2 Å². The Balaban J connectivity index is 1.92. The van der Waals surface area contributed by atoms with Gasteiger partial charge >= 0.3 is 0 Å². The molecule has 1 unspecified atom stereocenters. The molecule has 4 rings (SSSR count). The van der Waals surface area contributed by atoms with Crippen molar-refractivity contribution in [1.29, 1.82) is 0 Å². The number of amides is 1. The topological polar surface area (TPSA) is 110 Å². The normalized spacial score (nSPS) is 17.2. The Morgan fingerprint density at radius 1 is 1.03 bits per heavy atom. The predicted molar refractivity (Wildman–Crippen MR) is 122 cm³/mol. The molecule has 1 saturated heterocycles. The molecular weight excluding hydrogens is 424 g/mol. The van der Waals surface area contributed by atoms with E-state index in [4.69, 9.17) is 4.74 Å². The molecule has 0 aromatic heterocycles. The molecule has 1 N–H and O–H groups in total. The Bertz CT molecular complexity index is 1250. The van der Waals surface area contributed by atoms with E-state index in [1.807, 2.05) is 6.92 Å². The van der Waals surface area contributed by atoms with Crippen LogP contribution in [-0.2, 0) is 9.59 Å². The van der Waals surface area contributed by atoms with E-state index in [9.17, 15) is 24.8 Å². The second-order valence-corrected chi connectivity index (χ2v) is 7.31. The number of hydrogen-bond acceptors (Lipinski definition) is 6. The average molecular weight is 444 g/mol. The van der Waals surface area contributed by atoms with Gasteiger partial charge in [0.1, 0.15) is 11.5 Å². The summed E-state index contributed by atoms with van der Waals surface area (Å²) in [6.07, 6.45) is 0. The van der Waals surface area contributed by atoms with E-state index < -0.39 is 22.7 Å². The summed E-state index contributed by atoms with van der Waals surface area (Å²) in [5.41, 5.74) is 0.752. The highest BCUT2D eigenvalue weighted by molar-refractivity contribution is 6.51. The number of ketones is 1. The van der Waals surface area contributed by atoms with E-state index in [2.05, 4.69) is 0 Å². The minimum absolute atomic E-state index is 0.138. The van der Waals surface area contributed by atoms with Crippen LogP contribution >= 0.6 is 0 Å². The zero-order valence-electron chi connectivity index (χ0n) is 17.7. The van der Waals surface area contributed by atoms with E-state index in [-0.39, 0.29) is 17.0 Å². The van der Waals surface area contributed by atoms with Crippen molar-refractivity contribution in [2.24, 2.45) is 0 Å². The molecular formula is C25H20N2O6. The number of aliphatic hydroxyl groups is 1. The molecule has 8 heteroatoms. The standard InChI is InChI=1S/C25H20N2O6/c1-2-33-20-13-11-18(12-14-20)26-22(17-9-6-10-19(15-17)27(31)32)21(24(29)25(26)30)23(28)16-7-4-3-5-8-16/h3-15,22,28H,2H2,1H3/b23-21-. The van der Waals surface area contributed by atoms with Gasteiger partial charge in [0.2, 0.25) is 0 Å². The summed E-state index contributed by atoms with van der Waals surface area (Å²) in [7, 11) is 0. The van der Waals surface area contributed by atoms with Crippen LogP contribution in [0.4, 0.5) is 11.4 Å². The van der Waals surface area contributed by atoms with Gasteiger partial charge in [-0.25, -0.2) is 0 Å². The number of rotatable bonds is 6. The lowest BCUT2D eigenvalue weighted by atomic mass is 9.95. The first-order valence-corrected chi connectivity index (χ1v) is 10.3.